The normalized spacial score (nSPS) is 14.8. The second kappa shape index (κ2) is 7.76. The number of morpholine rings is 1. The number of halogens is 1. The zero-order valence-electron chi connectivity index (χ0n) is 13.9. The summed E-state index contributed by atoms with van der Waals surface area (Å²) in [4.78, 5) is 13.0. The topological polar surface area (TPSA) is 79.4 Å². The van der Waals surface area contributed by atoms with Crippen LogP contribution in [0.5, 0.6) is 0 Å². The van der Waals surface area contributed by atoms with E-state index in [9.17, 15) is 19.8 Å². The van der Waals surface area contributed by atoms with Crippen molar-refractivity contribution in [2.45, 2.75) is 0 Å². The van der Waals surface area contributed by atoms with Crippen molar-refractivity contribution in [2.24, 2.45) is 0 Å². The zero-order chi connectivity index (χ0) is 18.5. The lowest BCUT2D eigenvalue weighted by Crippen LogP contribution is -2.36. The average molecular weight is 353 g/mol. The van der Waals surface area contributed by atoms with Gasteiger partial charge in [-0.25, -0.2) is 4.39 Å². The van der Waals surface area contributed by atoms with Crippen LogP contribution in [-0.4, -0.2) is 31.2 Å². The van der Waals surface area contributed by atoms with E-state index in [-0.39, 0.29) is 16.8 Å². The van der Waals surface area contributed by atoms with Crippen LogP contribution in [-0.2, 0) is 4.74 Å². The molecule has 1 aliphatic rings. The molecule has 0 spiro atoms. The molecule has 0 aliphatic carbocycles. The van der Waals surface area contributed by atoms with Gasteiger partial charge in [0.15, 0.2) is 0 Å². The zero-order valence-corrected chi connectivity index (χ0v) is 13.9. The minimum atomic E-state index is -0.514. The number of nitriles is 1. The summed E-state index contributed by atoms with van der Waals surface area (Å²) >= 11 is 0. The van der Waals surface area contributed by atoms with Crippen LogP contribution in [0.15, 0.2) is 42.5 Å². The molecule has 1 saturated heterocycles. The lowest BCUT2D eigenvalue weighted by atomic mass is 10.0. The van der Waals surface area contributed by atoms with Gasteiger partial charge in [0, 0.05) is 24.7 Å². The number of hydrogen-bond acceptors (Lipinski definition) is 5. The minimum absolute atomic E-state index is 0.0496. The lowest BCUT2D eigenvalue weighted by molar-refractivity contribution is -0.384. The minimum Gasteiger partial charge on any atom is -0.378 e. The number of nitro benzene ring substituents is 1. The molecule has 6 nitrogen and oxygen atoms in total. The van der Waals surface area contributed by atoms with Crippen LogP contribution in [0.2, 0.25) is 0 Å². The number of benzene rings is 2. The Kier molecular flexibility index (Phi) is 5.25. The summed E-state index contributed by atoms with van der Waals surface area (Å²) in [5, 5.41) is 20.9. The second-order valence-corrected chi connectivity index (χ2v) is 5.75. The molecule has 0 aromatic heterocycles. The molecule has 0 saturated carbocycles. The number of rotatable bonds is 4. The molecule has 2 aromatic rings. The molecule has 1 aliphatic heterocycles. The predicted molar refractivity (Wildman–Crippen MR) is 96.0 cm³/mol. The molecule has 2 aromatic carbocycles. The van der Waals surface area contributed by atoms with Crippen molar-refractivity contribution in [3.05, 3.63) is 69.5 Å². The van der Waals surface area contributed by atoms with Gasteiger partial charge in [0.05, 0.1) is 29.8 Å². The maximum absolute atomic E-state index is 13.9. The summed E-state index contributed by atoms with van der Waals surface area (Å²) in [6.07, 6.45) is 1.45. The third-order valence-corrected chi connectivity index (χ3v) is 4.14. The number of nitrogens with zero attached hydrogens (tertiary/aromatic N) is 3. The molecule has 0 N–H and O–H groups in total. The average Bonchev–Trinajstić information content (AvgIpc) is 2.67. The highest BCUT2D eigenvalue weighted by atomic mass is 19.1. The van der Waals surface area contributed by atoms with Gasteiger partial charge in [0.25, 0.3) is 5.69 Å². The molecular weight excluding hydrogens is 337 g/mol. The number of hydrogen-bond donors (Lipinski definition) is 0. The van der Waals surface area contributed by atoms with Crippen LogP contribution in [0.25, 0.3) is 11.6 Å². The molecule has 0 bridgehead atoms. The van der Waals surface area contributed by atoms with Crippen molar-refractivity contribution >= 4 is 23.0 Å². The Hall–Kier alpha value is -3.24. The number of ether oxygens (including phenoxy) is 1. The van der Waals surface area contributed by atoms with E-state index in [0.717, 1.165) is 0 Å². The van der Waals surface area contributed by atoms with Gasteiger partial charge in [0.2, 0.25) is 0 Å². The van der Waals surface area contributed by atoms with Crippen LogP contribution in [0.4, 0.5) is 15.8 Å². The quantitative estimate of drug-likeness (QED) is 0.363. The van der Waals surface area contributed by atoms with E-state index in [2.05, 4.69) is 0 Å². The molecule has 0 radical (unpaired) electrons. The van der Waals surface area contributed by atoms with Crippen LogP contribution in [0.3, 0.4) is 0 Å². The fourth-order valence-electron chi connectivity index (χ4n) is 2.86. The fraction of sp³-hybridized carbons (Fsp3) is 0.211. The van der Waals surface area contributed by atoms with Gasteiger partial charge >= 0.3 is 0 Å². The largest absolute Gasteiger partial charge is 0.378 e. The van der Waals surface area contributed by atoms with Gasteiger partial charge in [-0.1, -0.05) is 24.3 Å². The van der Waals surface area contributed by atoms with Gasteiger partial charge < -0.3 is 9.64 Å². The Labute approximate surface area is 149 Å². The van der Waals surface area contributed by atoms with Crippen LogP contribution in [0, 0.1) is 27.3 Å². The molecule has 26 heavy (non-hydrogen) atoms. The Morgan fingerprint density at radius 1 is 1.27 bits per heavy atom. The highest BCUT2D eigenvalue weighted by molar-refractivity contribution is 5.90. The van der Waals surface area contributed by atoms with Crippen LogP contribution >= 0.6 is 0 Å². The summed E-state index contributed by atoms with van der Waals surface area (Å²) in [7, 11) is 0. The van der Waals surface area contributed by atoms with Gasteiger partial charge in [-0.3, -0.25) is 10.1 Å². The van der Waals surface area contributed by atoms with Crippen molar-refractivity contribution < 1.29 is 14.1 Å². The second-order valence-electron chi connectivity index (χ2n) is 5.75. The third kappa shape index (κ3) is 3.71. The van der Waals surface area contributed by atoms with Crippen molar-refractivity contribution in [1.82, 2.24) is 0 Å². The molecule has 0 atom stereocenters. The van der Waals surface area contributed by atoms with Crippen molar-refractivity contribution in [1.29, 1.82) is 5.26 Å². The van der Waals surface area contributed by atoms with Gasteiger partial charge in [-0.05, 0) is 23.8 Å². The number of nitro groups is 1. The van der Waals surface area contributed by atoms with E-state index in [1.54, 1.807) is 18.2 Å². The summed E-state index contributed by atoms with van der Waals surface area (Å²) in [5.74, 6) is -0.514. The summed E-state index contributed by atoms with van der Waals surface area (Å²) in [5.41, 5.74) is 1.20. The van der Waals surface area contributed by atoms with E-state index in [1.807, 2.05) is 11.0 Å². The SMILES string of the molecule is N#C/C(=C/c1ccc(N2CCOCC2)c([N+](=O)[O-])c1)c1ccccc1F. The van der Waals surface area contributed by atoms with E-state index >= 15 is 0 Å². The first kappa shape index (κ1) is 17.6. The van der Waals surface area contributed by atoms with Crippen molar-refractivity contribution in [3.63, 3.8) is 0 Å². The molecule has 1 fully saturated rings. The van der Waals surface area contributed by atoms with Gasteiger partial charge in [-0.15, -0.1) is 0 Å². The molecule has 132 valence electrons. The Balaban J connectivity index is 2.00. The first-order chi connectivity index (χ1) is 12.6. The first-order valence-corrected chi connectivity index (χ1v) is 8.08. The van der Waals surface area contributed by atoms with E-state index < -0.39 is 10.7 Å². The lowest BCUT2D eigenvalue weighted by Gasteiger charge is -2.28. The van der Waals surface area contributed by atoms with Crippen LogP contribution < -0.4 is 4.90 Å². The summed E-state index contributed by atoms with van der Waals surface area (Å²) in [6, 6.07) is 12.7. The molecule has 7 heteroatoms. The summed E-state index contributed by atoms with van der Waals surface area (Å²) < 4.78 is 19.2. The number of allylic oxidation sites excluding steroid dienone is 1. The highest BCUT2D eigenvalue weighted by Gasteiger charge is 2.21. The smallest absolute Gasteiger partial charge is 0.293 e. The van der Waals surface area contributed by atoms with Crippen molar-refractivity contribution in [3.8, 4) is 6.07 Å². The molecule has 1 heterocycles. The highest BCUT2D eigenvalue weighted by Crippen LogP contribution is 2.31. The predicted octanol–water partition coefficient (Wildman–Crippen LogP) is 3.63. The van der Waals surface area contributed by atoms with Gasteiger partial charge in [-0.2, -0.15) is 5.26 Å². The van der Waals surface area contributed by atoms with E-state index in [1.165, 1.54) is 30.3 Å². The Morgan fingerprint density at radius 2 is 2.00 bits per heavy atom. The Morgan fingerprint density at radius 3 is 2.65 bits per heavy atom. The van der Waals surface area contributed by atoms with Crippen molar-refractivity contribution in [2.75, 3.05) is 31.2 Å². The molecular formula is C19H16FN3O3. The van der Waals surface area contributed by atoms with E-state index in [4.69, 9.17) is 4.74 Å². The maximum atomic E-state index is 13.9. The third-order valence-electron chi connectivity index (χ3n) is 4.14. The molecule has 3 rings (SSSR count). The first-order valence-electron chi connectivity index (χ1n) is 8.08. The molecule has 0 unspecified atom stereocenters. The fourth-order valence-corrected chi connectivity index (χ4v) is 2.86. The maximum Gasteiger partial charge on any atom is 0.293 e. The van der Waals surface area contributed by atoms with Crippen LogP contribution in [0.1, 0.15) is 11.1 Å². The summed E-state index contributed by atoms with van der Waals surface area (Å²) in [6.45, 7) is 2.19. The van der Waals surface area contributed by atoms with E-state index in [0.29, 0.717) is 37.6 Å². The number of anilines is 1. The van der Waals surface area contributed by atoms with Gasteiger partial charge in [0.1, 0.15) is 11.5 Å². The monoisotopic (exact) mass is 353 g/mol. The Bertz CT molecular complexity index is 899. The standard InChI is InChI=1S/C19H16FN3O3/c20-17-4-2-1-3-16(17)15(13-21)11-14-5-6-18(19(12-14)23(24)25)22-7-9-26-10-8-22/h1-6,11-12H,7-10H2/b15-11-. The molecule has 0 amide bonds.